The second kappa shape index (κ2) is 12.3. The Morgan fingerprint density at radius 2 is 1.85 bits per heavy atom. The summed E-state index contributed by atoms with van der Waals surface area (Å²) in [6, 6.07) is 3.01. The van der Waals surface area contributed by atoms with Crippen molar-refractivity contribution in [2.75, 3.05) is 26.2 Å². The van der Waals surface area contributed by atoms with Crippen LogP contribution in [0.1, 0.15) is 55.3 Å². The summed E-state index contributed by atoms with van der Waals surface area (Å²) in [6.45, 7) is 2.95. The minimum absolute atomic E-state index is 0.0686. The summed E-state index contributed by atoms with van der Waals surface area (Å²) in [5.41, 5.74) is 0.317. The highest BCUT2D eigenvalue weighted by Gasteiger charge is 2.30. The van der Waals surface area contributed by atoms with E-state index in [1.54, 1.807) is 4.90 Å². The highest BCUT2D eigenvalue weighted by molar-refractivity contribution is 5.94. The Morgan fingerprint density at radius 3 is 2.55 bits per heavy atom. The van der Waals surface area contributed by atoms with Crippen molar-refractivity contribution in [1.82, 2.24) is 25.8 Å². The third kappa shape index (κ3) is 7.81. The summed E-state index contributed by atoms with van der Waals surface area (Å²) < 4.78 is 0. The second-order valence-corrected chi connectivity index (χ2v) is 8.78. The fourth-order valence-corrected chi connectivity index (χ4v) is 4.42. The van der Waals surface area contributed by atoms with Gasteiger partial charge in [-0.15, -0.1) is 0 Å². The smallest absolute Gasteiger partial charge is 0.307 e. The van der Waals surface area contributed by atoms with Crippen molar-refractivity contribution in [3.63, 3.8) is 0 Å². The third-order valence-electron chi connectivity index (χ3n) is 6.31. The van der Waals surface area contributed by atoms with E-state index >= 15 is 0 Å². The maximum atomic E-state index is 12.9. The van der Waals surface area contributed by atoms with E-state index < -0.39 is 30.4 Å². The van der Waals surface area contributed by atoms with Crippen LogP contribution in [0.5, 0.6) is 0 Å². The lowest BCUT2D eigenvalue weighted by Crippen LogP contribution is -2.53. The summed E-state index contributed by atoms with van der Waals surface area (Å²) in [5, 5.41) is 17.7. The number of carboxylic acid groups (broad SMARTS) is 1. The van der Waals surface area contributed by atoms with Crippen LogP contribution in [-0.2, 0) is 14.4 Å². The number of amides is 3. The Hall–Kier alpha value is -3.01. The highest BCUT2D eigenvalue weighted by atomic mass is 16.4. The van der Waals surface area contributed by atoms with Gasteiger partial charge < -0.3 is 26.0 Å². The van der Waals surface area contributed by atoms with E-state index in [1.807, 2.05) is 0 Å². The Labute approximate surface area is 193 Å². The first-order chi connectivity index (χ1) is 15.9. The fourth-order valence-electron chi connectivity index (χ4n) is 4.42. The number of carbonyl (C=O) groups is 4. The van der Waals surface area contributed by atoms with E-state index in [2.05, 4.69) is 20.9 Å². The van der Waals surface area contributed by atoms with E-state index in [1.165, 1.54) is 24.5 Å². The molecular weight excluding hydrogens is 426 g/mol. The van der Waals surface area contributed by atoms with Crippen LogP contribution in [0.2, 0.25) is 0 Å². The number of carbonyl (C=O) groups excluding carboxylic acids is 3. The van der Waals surface area contributed by atoms with Gasteiger partial charge in [0.05, 0.1) is 12.3 Å². The molecule has 3 heterocycles. The zero-order valence-electron chi connectivity index (χ0n) is 18.8. The molecule has 0 spiro atoms. The first-order valence-electron chi connectivity index (χ1n) is 11.6. The molecule has 1 aromatic rings. The van der Waals surface area contributed by atoms with Crippen LogP contribution in [0.15, 0.2) is 24.5 Å². The molecule has 0 bridgehead atoms. The summed E-state index contributed by atoms with van der Waals surface area (Å²) in [4.78, 5) is 54.8. The third-order valence-corrected chi connectivity index (χ3v) is 6.31. The van der Waals surface area contributed by atoms with Crippen LogP contribution >= 0.6 is 0 Å². The van der Waals surface area contributed by atoms with Crippen molar-refractivity contribution in [2.24, 2.45) is 11.8 Å². The number of carboxylic acids is 1. The quantitative estimate of drug-likeness (QED) is 0.399. The number of hydrogen-bond donors (Lipinski definition) is 4. The Balaban J connectivity index is 1.52. The predicted molar refractivity (Wildman–Crippen MR) is 120 cm³/mol. The van der Waals surface area contributed by atoms with Gasteiger partial charge in [0, 0.05) is 37.5 Å². The van der Waals surface area contributed by atoms with Crippen molar-refractivity contribution >= 4 is 23.7 Å². The zero-order valence-corrected chi connectivity index (χ0v) is 18.8. The SMILES string of the molecule is O=C(O)C[C@H](NC(=O)c1ccncc1)NC(=O)[C@@H]1CCCN(C(=O)CCC2CCNCC2)C1. The average Bonchev–Trinajstić information content (AvgIpc) is 2.83. The van der Waals surface area contributed by atoms with E-state index in [0.29, 0.717) is 43.8 Å². The maximum absolute atomic E-state index is 12.9. The standard InChI is InChI=1S/C23H33N5O5/c29-20(4-3-16-5-9-24-10-6-16)28-13-1-2-18(15-28)23(33)27-19(14-21(30)31)26-22(32)17-7-11-25-12-8-17/h7-8,11-12,16,18-19,24H,1-6,9-10,13-15H2,(H,26,32)(H,27,33)(H,30,31)/t18-,19-/m1/s1. The second-order valence-electron chi connectivity index (χ2n) is 8.78. The van der Waals surface area contributed by atoms with E-state index in [4.69, 9.17) is 0 Å². The molecule has 2 fully saturated rings. The molecule has 180 valence electrons. The van der Waals surface area contributed by atoms with Crippen molar-refractivity contribution in [2.45, 2.75) is 51.1 Å². The molecule has 2 aliphatic rings. The van der Waals surface area contributed by atoms with Gasteiger partial charge in [-0.1, -0.05) is 0 Å². The van der Waals surface area contributed by atoms with Gasteiger partial charge in [-0.2, -0.15) is 0 Å². The molecule has 33 heavy (non-hydrogen) atoms. The number of pyridine rings is 1. The summed E-state index contributed by atoms with van der Waals surface area (Å²) in [6.07, 6.45) is 6.28. The summed E-state index contributed by atoms with van der Waals surface area (Å²) in [7, 11) is 0. The Bertz CT molecular complexity index is 828. The van der Waals surface area contributed by atoms with Crippen molar-refractivity contribution in [3.05, 3.63) is 30.1 Å². The van der Waals surface area contributed by atoms with Crippen LogP contribution in [0.3, 0.4) is 0 Å². The number of rotatable bonds is 9. The molecule has 3 rings (SSSR count). The number of hydrogen-bond acceptors (Lipinski definition) is 6. The molecule has 2 aliphatic heterocycles. The van der Waals surface area contributed by atoms with Crippen LogP contribution in [-0.4, -0.2) is 71.0 Å². The number of nitrogens with zero attached hydrogens (tertiary/aromatic N) is 2. The van der Waals surface area contributed by atoms with E-state index in [9.17, 15) is 24.3 Å². The minimum Gasteiger partial charge on any atom is -0.481 e. The van der Waals surface area contributed by atoms with Gasteiger partial charge in [0.15, 0.2) is 0 Å². The van der Waals surface area contributed by atoms with Gasteiger partial charge in [0.25, 0.3) is 5.91 Å². The van der Waals surface area contributed by atoms with Gasteiger partial charge in [0.1, 0.15) is 6.17 Å². The molecule has 0 saturated carbocycles. The minimum atomic E-state index is -1.14. The van der Waals surface area contributed by atoms with Crippen molar-refractivity contribution in [1.29, 1.82) is 0 Å². The molecular formula is C23H33N5O5. The molecule has 0 aromatic carbocycles. The van der Waals surface area contributed by atoms with Crippen molar-refractivity contribution < 1.29 is 24.3 Å². The molecule has 2 atom stereocenters. The van der Waals surface area contributed by atoms with E-state index in [-0.39, 0.29) is 11.8 Å². The Morgan fingerprint density at radius 1 is 1.12 bits per heavy atom. The van der Waals surface area contributed by atoms with E-state index in [0.717, 1.165) is 32.4 Å². The molecule has 0 radical (unpaired) electrons. The first-order valence-corrected chi connectivity index (χ1v) is 11.6. The fraction of sp³-hybridized carbons (Fsp3) is 0.609. The monoisotopic (exact) mass is 459 g/mol. The molecule has 0 aliphatic carbocycles. The molecule has 10 nitrogen and oxygen atoms in total. The molecule has 10 heteroatoms. The normalized spacial score (nSPS) is 20.0. The molecule has 3 amide bonds. The molecule has 0 unspecified atom stereocenters. The van der Waals surface area contributed by atoms with Crippen molar-refractivity contribution in [3.8, 4) is 0 Å². The van der Waals surface area contributed by atoms with Gasteiger partial charge in [-0.25, -0.2) is 0 Å². The topological polar surface area (TPSA) is 141 Å². The van der Waals surface area contributed by atoms with Gasteiger partial charge >= 0.3 is 5.97 Å². The summed E-state index contributed by atoms with van der Waals surface area (Å²) >= 11 is 0. The first kappa shape index (κ1) is 24.6. The van der Waals surface area contributed by atoms with Gasteiger partial charge in [-0.3, -0.25) is 24.2 Å². The lowest BCUT2D eigenvalue weighted by atomic mass is 9.92. The predicted octanol–water partition coefficient (Wildman–Crippen LogP) is 0.747. The van der Waals surface area contributed by atoms with Crippen LogP contribution < -0.4 is 16.0 Å². The van der Waals surface area contributed by atoms with Gasteiger partial charge in [-0.05, 0) is 63.2 Å². The average molecular weight is 460 g/mol. The van der Waals surface area contributed by atoms with Crippen LogP contribution in [0.4, 0.5) is 0 Å². The highest BCUT2D eigenvalue weighted by Crippen LogP contribution is 2.21. The number of nitrogens with one attached hydrogen (secondary N) is 3. The number of piperidine rings is 2. The Kier molecular flexibility index (Phi) is 9.17. The maximum Gasteiger partial charge on any atom is 0.307 e. The number of aliphatic carboxylic acids is 1. The number of aromatic nitrogens is 1. The van der Waals surface area contributed by atoms with Gasteiger partial charge in [0.2, 0.25) is 11.8 Å². The molecule has 1 aromatic heterocycles. The lowest BCUT2D eigenvalue weighted by Gasteiger charge is -2.33. The summed E-state index contributed by atoms with van der Waals surface area (Å²) in [5.74, 6) is -1.79. The van der Waals surface area contributed by atoms with Crippen LogP contribution in [0.25, 0.3) is 0 Å². The largest absolute Gasteiger partial charge is 0.481 e. The molecule has 2 saturated heterocycles. The zero-order chi connectivity index (χ0) is 23.6. The molecule has 4 N–H and O–H groups in total. The lowest BCUT2D eigenvalue weighted by molar-refractivity contribution is -0.138. The van der Waals surface area contributed by atoms with Crippen LogP contribution in [0, 0.1) is 11.8 Å². The number of likely N-dealkylation sites (tertiary alicyclic amines) is 1.